The summed E-state index contributed by atoms with van der Waals surface area (Å²) >= 11 is 0. The van der Waals surface area contributed by atoms with Crippen LogP contribution in [-0.4, -0.2) is 54.8 Å². The fourth-order valence-corrected chi connectivity index (χ4v) is 6.65. The van der Waals surface area contributed by atoms with E-state index in [1.807, 2.05) is 6.07 Å². The number of esters is 1. The monoisotopic (exact) mass is 406 g/mol. The summed E-state index contributed by atoms with van der Waals surface area (Å²) < 4.78 is 18.4. The summed E-state index contributed by atoms with van der Waals surface area (Å²) in [6.07, 6.45) is 6.69. The summed E-state index contributed by atoms with van der Waals surface area (Å²) in [5, 5.41) is 0. The number of nitrogens with zero attached hydrogens (tertiary/aromatic N) is 2. The Kier molecular flexibility index (Phi) is 3.91. The number of carbonyl (C=O) groups is 1. The molecule has 0 radical (unpaired) electrons. The van der Waals surface area contributed by atoms with Gasteiger partial charge in [0.2, 0.25) is 0 Å². The lowest BCUT2D eigenvalue weighted by Gasteiger charge is -2.58. The Labute approximate surface area is 176 Å². The normalized spacial score (nSPS) is 33.4. The van der Waals surface area contributed by atoms with E-state index in [0.717, 1.165) is 43.7 Å². The van der Waals surface area contributed by atoms with E-state index in [9.17, 15) is 4.79 Å². The number of hydrogen-bond donors (Lipinski definition) is 0. The van der Waals surface area contributed by atoms with Crippen molar-refractivity contribution in [3.8, 4) is 11.5 Å². The first-order valence-electron chi connectivity index (χ1n) is 10.8. The molecule has 1 aromatic heterocycles. The highest BCUT2D eigenvalue weighted by Crippen LogP contribution is 2.64. The largest absolute Gasteiger partial charge is 0.493 e. The zero-order valence-electron chi connectivity index (χ0n) is 17.3. The summed E-state index contributed by atoms with van der Waals surface area (Å²) in [4.78, 5) is 19.4. The van der Waals surface area contributed by atoms with Crippen LogP contribution in [0.4, 0.5) is 0 Å². The summed E-state index contributed by atoms with van der Waals surface area (Å²) in [5.74, 6) is 1.84. The third-order valence-electron chi connectivity index (χ3n) is 7.90. The van der Waals surface area contributed by atoms with Gasteiger partial charge in [-0.2, -0.15) is 0 Å². The predicted octanol–water partition coefficient (Wildman–Crippen LogP) is 2.98. The summed E-state index contributed by atoms with van der Waals surface area (Å²) in [6, 6.07) is 8.24. The van der Waals surface area contributed by atoms with Crippen molar-refractivity contribution in [2.24, 2.45) is 5.92 Å². The lowest BCUT2D eigenvalue weighted by atomic mass is 9.51. The van der Waals surface area contributed by atoms with Gasteiger partial charge in [-0.25, -0.2) is 4.79 Å². The van der Waals surface area contributed by atoms with Crippen LogP contribution >= 0.6 is 0 Å². The molecule has 5 atom stereocenters. The highest BCUT2D eigenvalue weighted by molar-refractivity contribution is 5.89. The summed E-state index contributed by atoms with van der Waals surface area (Å²) in [7, 11) is 3.94. The van der Waals surface area contributed by atoms with Crippen LogP contribution in [0.2, 0.25) is 0 Å². The molecule has 2 fully saturated rings. The van der Waals surface area contributed by atoms with Gasteiger partial charge < -0.3 is 19.1 Å². The van der Waals surface area contributed by atoms with Crippen molar-refractivity contribution in [3.05, 3.63) is 53.3 Å². The van der Waals surface area contributed by atoms with Crippen LogP contribution < -0.4 is 9.47 Å². The molecule has 2 bridgehead atoms. The zero-order valence-corrected chi connectivity index (χ0v) is 17.3. The van der Waals surface area contributed by atoms with Gasteiger partial charge >= 0.3 is 5.97 Å². The van der Waals surface area contributed by atoms with E-state index in [1.54, 1.807) is 31.6 Å². The Morgan fingerprint density at radius 1 is 1.30 bits per heavy atom. The SMILES string of the molecule is COc1ccc2c3c1O[C@H]1[C@@H](OC(=O)c4cccnc4)CCC4[C@@H](C2)N(C)CC[C@@]341. The standard InChI is InChI=1S/C24H26N2O4/c1-26-11-9-24-16-6-8-19(29-23(27)15-4-3-10-25-13-15)22(24)30-21-18(28-2)7-5-14(20(21)24)12-17(16)26/h3-5,7,10,13,16-17,19,22H,6,8-9,11-12H2,1-2H3/t16?,17-,19+,22+,24+/m1/s1. The number of carbonyl (C=O) groups excluding carboxylic acids is 1. The van der Waals surface area contributed by atoms with Gasteiger partial charge in [-0.3, -0.25) is 4.98 Å². The molecule has 30 heavy (non-hydrogen) atoms. The number of likely N-dealkylation sites (N-methyl/N-ethyl adjacent to an activating group) is 1. The van der Waals surface area contributed by atoms with Gasteiger partial charge in [0.15, 0.2) is 11.5 Å². The van der Waals surface area contributed by atoms with E-state index in [0.29, 0.717) is 17.5 Å². The van der Waals surface area contributed by atoms with E-state index in [1.165, 1.54) is 11.1 Å². The minimum atomic E-state index is -0.324. The van der Waals surface area contributed by atoms with Crippen molar-refractivity contribution in [2.45, 2.75) is 49.3 Å². The third kappa shape index (κ3) is 2.28. The second-order valence-electron chi connectivity index (χ2n) is 9.08. The number of hydrogen-bond acceptors (Lipinski definition) is 6. The van der Waals surface area contributed by atoms with Gasteiger partial charge in [-0.1, -0.05) is 6.07 Å². The average Bonchev–Trinajstić information content (AvgIpc) is 3.13. The van der Waals surface area contributed by atoms with E-state index in [2.05, 4.69) is 23.0 Å². The van der Waals surface area contributed by atoms with Crippen LogP contribution in [0.3, 0.4) is 0 Å². The Morgan fingerprint density at radius 3 is 3.00 bits per heavy atom. The number of piperidine rings is 1. The number of aromatic nitrogens is 1. The molecular formula is C24H26N2O4. The predicted molar refractivity (Wildman–Crippen MR) is 110 cm³/mol. The molecular weight excluding hydrogens is 380 g/mol. The molecule has 1 saturated carbocycles. The second kappa shape index (κ2) is 6.45. The van der Waals surface area contributed by atoms with Gasteiger partial charge in [0.25, 0.3) is 0 Å². The number of methoxy groups -OCH3 is 1. The summed E-state index contributed by atoms with van der Waals surface area (Å²) in [5.41, 5.74) is 3.06. The Balaban J connectivity index is 1.43. The van der Waals surface area contributed by atoms with Gasteiger partial charge in [-0.15, -0.1) is 0 Å². The van der Waals surface area contributed by atoms with Gasteiger partial charge in [0.05, 0.1) is 12.7 Å². The molecule has 0 amide bonds. The third-order valence-corrected chi connectivity index (χ3v) is 7.90. The van der Waals surface area contributed by atoms with Crippen LogP contribution in [0.5, 0.6) is 11.5 Å². The van der Waals surface area contributed by atoms with Gasteiger partial charge in [0.1, 0.15) is 12.2 Å². The number of pyridine rings is 1. The van der Waals surface area contributed by atoms with Crippen molar-refractivity contribution in [2.75, 3.05) is 20.7 Å². The lowest BCUT2D eigenvalue weighted by Crippen LogP contribution is -2.66. The van der Waals surface area contributed by atoms with Crippen LogP contribution in [0, 0.1) is 5.92 Å². The van der Waals surface area contributed by atoms with Crippen LogP contribution in [0.15, 0.2) is 36.7 Å². The molecule has 6 heteroatoms. The van der Waals surface area contributed by atoms with E-state index < -0.39 is 0 Å². The zero-order chi connectivity index (χ0) is 20.5. The van der Waals surface area contributed by atoms with Crippen molar-refractivity contribution in [1.82, 2.24) is 9.88 Å². The van der Waals surface area contributed by atoms with E-state index >= 15 is 0 Å². The first-order valence-corrected chi connectivity index (χ1v) is 10.8. The molecule has 6 rings (SSSR count). The molecule has 4 aliphatic rings. The maximum atomic E-state index is 12.8. The molecule has 2 aliphatic heterocycles. The molecule has 156 valence electrons. The Morgan fingerprint density at radius 2 is 2.20 bits per heavy atom. The molecule has 1 unspecified atom stereocenters. The van der Waals surface area contributed by atoms with Crippen molar-refractivity contribution in [3.63, 3.8) is 0 Å². The molecule has 3 heterocycles. The quantitative estimate of drug-likeness (QED) is 0.731. The molecule has 2 aromatic rings. The van der Waals surface area contributed by atoms with Crippen molar-refractivity contribution in [1.29, 1.82) is 0 Å². The molecule has 2 aliphatic carbocycles. The number of rotatable bonds is 3. The van der Waals surface area contributed by atoms with Gasteiger partial charge in [0, 0.05) is 29.4 Å². The fourth-order valence-electron chi connectivity index (χ4n) is 6.65. The van der Waals surface area contributed by atoms with Crippen molar-refractivity contribution >= 4 is 5.97 Å². The number of likely N-dealkylation sites (tertiary alicyclic amines) is 1. The minimum Gasteiger partial charge on any atom is -0.493 e. The number of ether oxygens (including phenoxy) is 3. The molecule has 1 spiro atoms. The maximum Gasteiger partial charge on any atom is 0.340 e. The van der Waals surface area contributed by atoms with Crippen LogP contribution in [-0.2, 0) is 16.6 Å². The molecule has 6 nitrogen and oxygen atoms in total. The average molecular weight is 406 g/mol. The maximum absolute atomic E-state index is 12.8. The first-order chi connectivity index (χ1) is 14.6. The molecule has 0 N–H and O–H groups in total. The Hall–Kier alpha value is -2.60. The lowest BCUT2D eigenvalue weighted by molar-refractivity contribution is -0.105. The topological polar surface area (TPSA) is 60.9 Å². The molecule has 1 saturated heterocycles. The highest BCUT2D eigenvalue weighted by atomic mass is 16.6. The van der Waals surface area contributed by atoms with Crippen LogP contribution in [0.25, 0.3) is 0 Å². The molecule has 1 aromatic carbocycles. The Bertz CT molecular complexity index is 1010. The first kappa shape index (κ1) is 18.2. The van der Waals surface area contributed by atoms with Crippen LogP contribution in [0.1, 0.15) is 40.7 Å². The van der Waals surface area contributed by atoms with E-state index in [-0.39, 0.29) is 23.6 Å². The summed E-state index contributed by atoms with van der Waals surface area (Å²) in [6.45, 7) is 1.03. The van der Waals surface area contributed by atoms with Gasteiger partial charge in [-0.05, 0) is 69.0 Å². The minimum absolute atomic E-state index is 0.104. The van der Waals surface area contributed by atoms with E-state index in [4.69, 9.17) is 14.2 Å². The fraction of sp³-hybridized carbons (Fsp3) is 0.500. The number of benzene rings is 1. The smallest absolute Gasteiger partial charge is 0.340 e. The highest BCUT2D eigenvalue weighted by Gasteiger charge is 2.66. The van der Waals surface area contributed by atoms with Crippen molar-refractivity contribution < 1.29 is 19.0 Å². The second-order valence-corrected chi connectivity index (χ2v) is 9.08.